The molecule has 7 heteroatoms. The molecule has 102 valence electrons. The zero-order valence-electron chi connectivity index (χ0n) is 10.2. The summed E-state index contributed by atoms with van der Waals surface area (Å²) in [7, 11) is 0. The molecule has 0 unspecified atom stereocenters. The maximum absolute atomic E-state index is 13.7. The molecule has 0 aromatic heterocycles. The van der Waals surface area contributed by atoms with Crippen molar-refractivity contribution in [2.45, 2.75) is 13.3 Å². The third kappa shape index (κ3) is 3.14. The molecular weight excluding hydrogens is 275 g/mol. The zero-order chi connectivity index (χ0) is 13.8. The number of esters is 1. The first-order valence-electron chi connectivity index (χ1n) is 5.73. The number of hydrazone groups is 1. The molecule has 0 spiro atoms. The Morgan fingerprint density at radius 3 is 3.16 bits per heavy atom. The van der Waals surface area contributed by atoms with Crippen LogP contribution in [-0.4, -0.2) is 24.4 Å². The number of hydrogen-bond acceptors (Lipinski definition) is 5. The molecule has 1 heterocycles. The molecule has 1 aliphatic heterocycles. The highest BCUT2D eigenvalue weighted by molar-refractivity contribution is 6.82. The van der Waals surface area contributed by atoms with Gasteiger partial charge in [-0.2, -0.15) is 5.10 Å². The Morgan fingerprint density at radius 2 is 2.42 bits per heavy atom. The van der Waals surface area contributed by atoms with Gasteiger partial charge in [-0.15, -0.1) is 0 Å². The van der Waals surface area contributed by atoms with Gasteiger partial charge in [-0.25, -0.2) is 9.18 Å². The number of nitrogens with zero attached hydrogens (tertiary/aromatic N) is 1. The number of nitrogens with one attached hydrogen (secondary N) is 1. The first-order chi connectivity index (χ1) is 9.11. The normalized spacial score (nSPS) is 13.7. The number of rotatable bonds is 4. The number of carbonyl (C=O) groups excluding carboxylic acids is 1. The SMILES string of the molecule is CCOC(=O)/C(Cl)=N\Nc1cc2c(cc1F)OCC2. The molecule has 19 heavy (non-hydrogen) atoms. The Labute approximate surface area is 114 Å². The summed E-state index contributed by atoms with van der Waals surface area (Å²) in [5.74, 6) is -0.761. The molecule has 0 bridgehead atoms. The van der Waals surface area contributed by atoms with Crippen molar-refractivity contribution in [1.29, 1.82) is 0 Å². The van der Waals surface area contributed by atoms with Crippen molar-refractivity contribution in [3.8, 4) is 5.75 Å². The number of carbonyl (C=O) groups is 1. The lowest BCUT2D eigenvalue weighted by Gasteiger charge is -2.06. The molecule has 0 atom stereocenters. The molecule has 2 rings (SSSR count). The van der Waals surface area contributed by atoms with Crippen molar-refractivity contribution in [3.05, 3.63) is 23.5 Å². The average Bonchev–Trinajstić information content (AvgIpc) is 2.82. The van der Waals surface area contributed by atoms with Crippen LogP contribution in [0.4, 0.5) is 10.1 Å². The summed E-state index contributed by atoms with van der Waals surface area (Å²) in [6.07, 6.45) is 0.708. The Balaban J connectivity index is 2.11. The van der Waals surface area contributed by atoms with Gasteiger partial charge in [-0.1, -0.05) is 11.6 Å². The van der Waals surface area contributed by atoms with Crippen LogP contribution in [0.2, 0.25) is 0 Å². The first-order valence-corrected chi connectivity index (χ1v) is 6.11. The van der Waals surface area contributed by atoms with Crippen LogP contribution >= 0.6 is 11.6 Å². The fourth-order valence-electron chi connectivity index (χ4n) is 1.63. The Morgan fingerprint density at radius 1 is 1.63 bits per heavy atom. The van der Waals surface area contributed by atoms with E-state index < -0.39 is 17.0 Å². The van der Waals surface area contributed by atoms with E-state index in [2.05, 4.69) is 15.3 Å². The highest BCUT2D eigenvalue weighted by Gasteiger charge is 2.16. The van der Waals surface area contributed by atoms with Gasteiger partial charge in [0.2, 0.25) is 5.17 Å². The third-order valence-corrected chi connectivity index (χ3v) is 2.74. The molecule has 0 saturated carbocycles. The van der Waals surface area contributed by atoms with Gasteiger partial charge in [0.05, 0.1) is 18.9 Å². The van der Waals surface area contributed by atoms with Gasteiger partial charge in [0.1, 0.15) is 5.75 Å². The van der Waals surface area contributed by atoms with E-state index in [4.69, 9.17) is 16.3 Å². The summed E-state index contributed by atoms with van der Waals surface area (Å²) in [5.41, 5.74) is 3.42. The second-order valence-electron chi connectivity index (χ2n) is 3.77. The van der Waals surface area contributed by atoms with Gasteiger partial charge >= 0.3 is 5.97 Å². The fraction of sp³-hybridized carbons (Fsp3) is 0.333. The number of ether oxygens (including phenoxy) is 2. The maximum atomic E-state index is 13.7. The summed E-state index contributed by atoms with van der Waals surface area (Å²) >= 11 is 5.60. The topological polar surface area (TPSA) is 59.9 Å². The third-order valence-electron chi connectivity index (χ3n) is 2.50. The Kier molecular flexibility index (Phi) is 4.21. The van der Waals surface area contributed by atoms with Crippen LogP contribution in [0, 0.1) is 5.82 Å². The molecular formula is C12H12ClFN2O3. The number of benzene rings is 1. The van der Waals surface area contributed by atoms with Gasteiger partial charge in [-0.05, 0) is 18.6 Å². The lowest BCUT2D eigenvalue weighted by atomic mass is 10.1. The van der Waals surface area contributed by atoms with Gasteiger partial charge in [-0.3, -0.25) is 5.43 Å². The standard InChI is InChI=1S/C12H12ClFN2O3/c1-2-18-12(17)11(13)16-15-9-5-7-3-4-19-10(7)6-8(9)14/h5-6,15H,2-4H2,1H3/b16-11+. The molecule has 0 saturated heterocycles. The van der Waals surface area contributed by atoms with Crippen LogP contribution in [0.15, 0.2) is 17.2 Å². The quantitative estimate of drug-likeness (QED) is 0.524. The van der Waals surface area contributed by atoms with Gasteiger partial charge in [0, 0.05) is 12.5 Å². The maximum Gasteiger partial charge on any atom is 0.370 e. The van der Waals surface area contributed by atoms with Gasteiger partial charge in [0.15, 0.2) is 5.82 Å². The van der Waals surface area contributed by atoms with Crippen LogP contribution in [0.3, 0.4) is 0 Å². The minimum absolute atomic E-state index is 0.131. The second-order valence-corrected chi connectivity index (χ2v) is 4.13. The Bertz CT molecular complexity index is 534. The largest absolute Gasteiger partial charge is 0.493 e. The number of halogens is 2. The summed E-state index contributed by atoms with van der Waals surface area (Å²) in [4.78, 5) is 11.2. The number of fused-ring (bicyclic) bond motifs is 1. The van der Waals surface area contributed by atoms with E-state index in [9.17, 15) is 9.18 Å². The van der Waals surface area contributed by atoms with Crippen LogP contribution < -0.4 is 10.2 Å². The van der Waals surface area contributed by atoms with E-state index in [1.165, 1.54) is 6.07 Å². The fourth-order valence-corrected chi connectivity index (χ4v) is 1.73. The summed E-state index contributed by atoms with van der Waals surface area (Å²) < 4.78 is 23.5. The van der Waals surface area contributed by atoms with E-state index in [0.29, 0.717) is 18.8 Å². The molecule has 0 fully saturated rings. The molecule has 0 aliphatic carbocycles. The second kappa shape index (κ2) is 5.88. The zero-order valence-corrected chi connectivity index (χ0v) is 11.0. The predicted molar refractivity (Wildman–Crippen MR) is 69.1 cm³/mol. The van der Waals surface area contributed by atoms with Gasteiger partial charge < -0.3 is 9.47 Å². The van der Waals surface area contributed by atoms with Crippen molar-refractivity contribution in [2.75, 3.05) is 18.6 Å². The van der Waals surface area contributed by atoms with E-state index in [1.54, 1.807) is 13.0 Å². The van der Waals surface area contributed by atoms with E-state index in [1.807, 2.05) is 0 Å². The summed E-state index contributed by atoms with van der Waals surface area (Å²) in [5, 5.41) is 3.19. The molecule has 1 N–H and O–H groups in total. The van der Waals surface area contributed by atoms with Crippen molar-refractivity contribution in [3.63, 3.8) is 0 Å². The highest BCUT2D eigenvalue weighted by Crippen LogP contribution is 2.30. The first kappa shape index (κ1) is 13.6. The molecule has 5 nitrogen and oxygen atoms in total. The summed E-state index contributed by atoms with van der Waals surface area (Å²) in [6, 6.07) is 2.86. The molecule has 0 amide bonds. The van der Waals surface area contributed by atoms with Crippen molar-refractivity contribution < 1.29 is 18.7 Å². The highest BCUT2D eigenvalue weighted by atomic mass is 35.5. The Hall–Kier alpha value is -1.82. The van der Waals surface area contributed by atoms with E-state index >= 15 is 0 Å². The molecule has 1 aliphatic rings. The lowest BCUT2D eigenvalue weighted by Crippen LogP contribution is -2.13. The number of anilines is 1. The van der Waals surface area contributed by atoms with Crippen molar-refractivity contribution in [2.24, 2.45) is 5.10 Å². The van der Waals surface area contributed by atoms with Crippen LogP contribution in [-0.2, 0) is 16.0 Å². The predicted octanol–water partition coefficient (Wildman–Crippen LogP) is 2.29. The van der Waals surface area contributed by atoms with Crippen LogP contribution in [0.1, 0.15) is 12.5 Å². The summed E-state index contributed by atoms with van der Waals surface area (Å²) in [6.45, 7) is 2.37. The lowest BCUT2D eigenvalue weighted by molar-refractivity contribution is -0.134. The molecule has 1 aromatic rings. The van der Waals surface area contributed by atoms with Crippen molar-refractivity contribution >= 4 is 28.4 Å². The average molecular weight is 287 g/mol. The van der Waals surface area contributed by atoms with Crippen LogP contribution in [0.25, 0.3) is 0 Å². The van der Waals surface area contributed by atoms with Crippen molar-refractivity contribution in [1.82, 2.24) is 0 Å². The van der Waals surface area contributed by atoms with E-state index in [0.717, 1.165) is 5.56 Å². The smallest absolute Gasteiger partial charge is 0.370 e. The van der Waals surface area contributed by atoms with Crippen LogP contribution in [0.5, 0.6) is 5.75 Å². The monoisotopic (exact) mass is 286 g/mol. The molecule has 0 radical (unpaired) electrons. The molecule has 1 aromatic carbocycles. The number of hydrogen-bond donors (Lipinski definition) is 1. The van der Waals surface area contributed by atoms with Gasteiger partial charge in [0.25, 0.3) is 0 Å². The minimum atomic E-state index is -0.762. The van der Waals surface area contributed by atoms with E-state index in [-0.39, 0.29) is 12.3 Å². The minimum Gasteiger partial charge on any atom is -0.493 e.